The van der Waals surface area contributed by atoms with Crippen molar-refractivity contribution in [3.05, 3.63) is 24.3 Å². The molecule has 0 bridgehead atoms. The number of benzene rings is 1. The Hall–Kier alpha value is -1.71. The number of likely N-dealkylation sites (N-methyl/N-ethyl adjacent to an activating group) is 1. The van der Waals surface area contributed by atoms with E-state index in [0.29, 0.717) is 0 Å². The second-order valence-corrected chi connectivity index (χ2v) is 5.52. The van der Waals surface area contributed by atoms with Crippen LogP contribution in [-0.2, 0) is 9.53 Å². The molecule has 1 atom stereocenters. The van der Waals surface area contributed by atoms with Gasteiger partial charge in [-0.05, 0) is 39.8 Å². The van der Waals surface area contributed by atoms with Crippen LogP contribution >= 0.6 is 0 Å². The number of carbonyl (C=O) groups is 1. The molecule has 0 radical (unpaired) electrons. The molecule has 4 heteroatoms. The number of rotatable bonds is 4. The van der Waals surface area contributed by atoms with Gasteiger partial charge in [-0.15, -0.1) is 0 Å². The van der Waals surface area contributed by atoms with Gasteiger partial charge in [-0.2, -0.15) is 0 Å². The third-order valence-electron chi connectivity index (χ3n) is 2.79. The molecule has 106 valence electrons. The van der Waals surface area contributed by atoms with Crippen LogP contribution in [0.3, 0.4) is 0 Å². The number of esters is 1. The number of carbonyl (C=O) groups excluding carboxylic acids is 1. The zero-order valence-electron chi connectivity index (χ0n) is 12.6. The first kappa shape index (κ1) is 15.3. The number of hydrogen-bond acceptors (Lipinski definition) is 4. The van der Waals surface area contributed by atoms with Gasteiger partial charge in [-0.3, -0.25) is 0 Å². The standard InChI is InChI=1S/C15H23NO3/c1-11(14(17)19-15(2,3)4)16(5)12-8-7-9-13(10-12)18-6/h7-11H,1-6H3. The summed E-state index contributed by atoms with van der Waals surface area (Å²) in [5.41, 5.74) is 0.443. The summed E-state index contributed by atoms with van der Waals surface area (Å²) in [7, 11) is 3.49. The second-order valence-electron chi connectivity index (χ2n) is 5.52. The molecule has 0 heterocycles. The maximum Gasteiger partial charge on any atom is 0.328 e. The summed E-state index contributed by atoms with van der Waals surface area (Å²) in [5, 5.41) is 0. The minimum absolute atomic E-state index is 0.238. The lowest BCUT2D eigenvalue weighted by atomic mass is 10.2. The van der Waals surface area contributed by atoms with Gasteiger partial charge in [-0.25, -0.2) is 4.79 Å². The van der Waals surface area contributed by atoms with Crippen LogP contribution in [0.4, 0.5) is 5.69 Å². The van der Waals surface area contributed by atoms with Gasteiger partial charge >= 0.3 is 5.97 Å². The second kappa shape index (κ2) is 5.95. The van der Waals surface area contributed by atoms with Crippen LogP contribution in [0.15, 0.2) is 24.3 Å². The van der Waals surface area contributed by atoms with Gasteiger partial charge in [0, 0.05) is 18.8 Å². The summed E-state index contributed by atoms with van der Waals surface area (Å²) in [5.74, 6) is 0.526. The first-order valence-corrected chi connectivity index (χ1v) is 6.34. The summed E-state index contributed by atoms with van der Waals surface area (Å²) in [4.78, 5) is 13.9. The smallest absolute Gasteiger partial charge is 0.328 e. The van der Waals surface area contributed by atoms with Crippen LogP contribution in [0.1, 0.15) is 27.7 Å². The van der Waals surface area contributed by atoms with E-state index in [9.17, 15) is 4.79 Å². The van der Waals surface area contributed by atoms with Gasteiger partial charge in [0.2, 0.25) is 0 Å². The van der Waals surface area contributed by atoms with Crippen molar-refractivity contribution in [2.45, 2.75) is 39.3 Å². The minimum Gasteiger partial charge on any atom is -0.497 e. The van der Waals surface area contributed by atoms with Gasteiger partial charge in [0.15, 0.2) is 0 Å². The summed E-state index contributed by atoms with van der Waals surface area (Å²) in [6.45, 7) is 7.42. The molecule has 4 nitrogen and oxygen atoms in total. The van der Waals surface area contributed by atoms with Crippen LogP contribution in [0.2, 0.25) is 0 Å². The lowest BCUT2D eigenvalue weighted by molar-refractivity contribution is -0.155. The largest absolute Gasteiger partial charge is 0.497 e. The van der Waals surface area contributed by atoms with E-state index in [2.05, 4.69) is 0 Å². The van der Waals surface area contributed by atoms with Gasteiger partial charge in [0.1, 0.15) is 17.4 Å². The molecule has 0 amide bonds. The zero-order valence-corrected chi connectivity index (χ0v) is 12.6. The molecule has 1 rings (SSSR count). The first-order valence-electron chi connectivity index (χ1n) is 6.34. The molecular formula is C15H23NO3. The van der Waals surface area contributed by atoms with Gasteiger partial charge < -0.3 is 14.4 Å². The number of hydrogen-bond donors (Lipinski definition) is 0. The number of methoxy groups -OCH3 is 1. The van der Waals surface area contributed by atoms with E-state index in [0.717, 1.165) is 11.4 Å². The van der Waals surface area contributed by atoms with Crippen LogP contribution in [0.5, 0.6) is 5.75 Å². The zero-order chi connectivity index (χ0) is 14.6. The Bertz CT molecular complexity index is 437. The Kier molecular flexibility index (Phi) is 4.81. The van der Waals surface area contributed by atoms with Crippen LogP contribution in [0.25, 0.3) is 0 Å². The van der Waals surface area contributed by atoms with E-state index < -0.39 is 5.60 Å². The van der Waals surface area contributed by atoms with E-state index in [1.165, 1.54) is 0 Å². The molecule has 1 aromatic carbocycles. The minimum atomic E-state index is -0.472. The molecule has 0 saturated carbocycles. The number of anilines is 1. The van der Waals surface area contributed by atoms with Gasteiger partial charge in [0.25, 0.3) is 0 Å². The molecule has 0 aromatic heterocycles. The van der Waals surface area contributed by atoms with Crippen LogP contribution in [-0.4, -0.2) is 31.8 Å². The Balaban J connectivity index is 2.81. The van der Waals surface area contributed by atoms with Crippen molar-refractivity contribution in [3.8, 4) is 5.75 Å². The van der Waals surface area contributed by atoms with E-state index >= 15 is 0 Å². The van der Waals surface area contributed by atoms with Crippen molar-refractivity contribution in [2.75, 3.05) is 19.1 Å². The predicted octanol–water partition coefficient (Wildman–Crippen LogP) is 2.86. The van der Waals surface area contributed by atoms with Crippen molar-refractivity contribution < 1.29 is 14.3 Å². The fraction of sp³-hybridized carbons (Fsp3) is 0.533. The average Bonchev–Trinajstić information content (AvgIpc) is 2.35. The highest BCUT2D eigenvalue weighted by Crippen LogP contribution is 2.22. The Morgan fingerprint density at radius 2 is 1.95 bits per heavy atom. The quantitative estimate of drug-likeness (QED) is 0.785. The maximum atomic E-state index is 12.0. The molecule has 0 aliphatic carbocycles. The molecule has 0 fully saturated rings. The first-order chi connectivity index (χ1) is 8.74. The van der Waals surface area contributed by atoms with Crippen molar-refractivity contribution in [1.82, 2.24) is 0 Å². The van der Waals surface area contributed by atoms with Gasteiger partial charge in [0.05, 0.1) is 7.11 Å². The van der Waals surface area contributed by atoms with E-state index in [1.807, 2.05) is 63.9 Å². The summed E-state index contributed by atoms with van der Waals surface area (Å²) in [6, 6.07) is 7.23. The summed E-state index contributed by atoms with van der Waals surface area (Å²) < 4.78 is 10.6. The molecule has 0 spiro atoms. The summed E-state index contributed by atoms with van der Waals surface area (Å²) in [6.07, 6.45) is 0. The van der Waals surface area contributed by atoms with E-state index in [4.69, 9.17) is 9.47 Å². The SMILES string of the molecule is COc1cccc(N(C)C(C)C(=O)OC(C)(C)C)c1. The van der Waals surface area contributed by atoms with Crippen molar-refractivity contribution in [1.29, 1.82) is 0 Å². The van der Waals surface area contributed by atoms with Crippen LogP contribution in [0, 0.1) is 0 Å². The number of nitrogens with zero attached hydrogens (tertiary/aromatic N) is 1. The summed E-state index contributed by atoms with van der Waals surface area (Å²) >= 11 is 0. The highest BCUT2D eigenvalue weighted by molar-refractivity contribution is 5.80. The molecular weight excluding hydrogens is 242 g/mol. The normalized spacial score (nSPS) is 12.7. The van der Waals surface area contributed by atoms with E-state index in [1.54, 1.807) is 7.11 Å². The third kappa shape index (κ3) is 4.47. The molecule has 0 aliphatic heterocycles. The maximum absolute atomic E-state index is 12.0. The fourth-order valence-corrected chi connectivity index (χ4v) is 1.60. The molecule has 0 N–H and O–H groups in total. The average molecular weight is 265 g/mol. The number of ether oxygens (including phenoxy) is 2. The van der Waals surface area contributed by atoms with Crippen molar-refractivity contribution in [2.24, 2.45) is 0 Å². The Morgan fingerprint density at radius 1 is 1.32 bits per heavy atom. The van der Waals surface area contributed by atoms with Crippen molar-refractivity contribution in [3.63, 3.8) is 0 Å². The Labute approximate surface area is 115 Å². The molecule has 1 aromatic rings. The fourth-order valence-electron chi connectivity index (χ4n) is 1.60. The monoisotopic (exact) mass is 265 g/mol. The lowest BCUT2D eigenvalue weighted by Crippen LogP contribution is -2.40. The van der Waals surface area contributed by atoms with Crippen molar-refractivity contribution >= 4 is 11.7 Å². The highest BCUT2D eigenvalue weighted by Gasteiger charge is 2.25. The van der Waals surface area contributed by atoms with Gasteiger partial charge in [-0.1, -0.05) is 6.07 Å². The molecule has 1 unspecified atom stereocenters. The van der Waals surface area contributed by atoms with E-state index in [-0.39, 0.29) is 12.0 Å². The lowest BCUT2D eigenvalue weighted by Gasteiger charge is -2.29. The Morgan fingerprint density at radius 3 is 2.47 bits per heavy atom. The topological polar surface area (TPSA) is 38.8 Å². The molecule has 19 heavy (non-hydrogen) atoms. The molecule has 0 saturated heterocycles. The predicted molar refractivity (Wildman–Crippen MR) is 76.7 cm³/mol. The third-order valence-corrected chi connectivity index (χ3v) is 2.79. The van der Waals surface area contributed by atoms with Crippen LogP contribution < -0.4 is 9.64 Å². The highest BCUT2D eigenvalue weighted by atomic mass is 16.6. The molecule has 0 aliphatic rings.